The Labute approximate surface area is 154 Å². The number of hydrogen-bond acceptors (Lipinski definition) is 6. The Kier molecular flexibility index (Phi) is 13.2. The van der Waals surface area contributed by atoms with E-state index in [1.165, 1.54) is 0 Å². The van der Waals surface area contributed by atoms with E-state index < -0.39 is 0 Å². The third-order valence-corrected chi connectivity index (χ3v) is 3.48. The quantitative estimate of drug-likeness (QED) is 0.449. The molecule has 0 aliphatic heterocycles. The Morgan fingerprint density at radius 3 is 1.96 bits per heavy atom. The third-order valence-electron chi connectivity index (χ3n) is 3.15. The van der Waals surface area contributed by atoms with Crippen molar-refractivity contribution in [3.8, 4) is 0 Å². The highest BCUT2D eigenvalue weighted by atomic mass is 35.5. The SMILES string of the molecule is CC(=O)CCOCCOCCOCCOCCNc1ccccc1Cl. The van der Waals surface area contributed by atoms with Gasteiger partial charge in [-0.3, -0.25) is 4.79 Å². The summed E-state index contributed by atoms with van der Waals surface area (Å²) >= 11 is 6.04. The third kappa shape index (κ3) is 12.8. The van der Waals surface area contributed by atoms with Crippen LogP contribution in [0.2, 0.25) is 5.02 Å². The second kappa shape index (κ2) is 15.1. The van der Waals surface area contributed by atoms with Gasteiger partial charge in [0.2, 0.25) is 0 Å². The number of benzene rings is 1. The molecule has 6 nitrogen and oxygen atoms in total. The van der Waals surface area contributed by atoms with Crippen molar-refractivity contribution in [2.45, 2.75) is 13.3 Å². The fourth-order valence-corrected chi connectivity index (χ4v) is 2.04. The van der Waals surface area contributed by atoms with Crippen LogP contribution in [-0.2, 0) is 23.7 Å². The van der Waals surface area contributed by atoms with Gasteiger partial charge in [-0.1, -0.05) is 23.7 Å². The van der Waals surface area contributed by atoms with Crippen LogP contribution < -0.4 is 5.32 Å². The van der Waals surface area contributed by atoms with Crippen molar-refractivity contribution in [1.82, 2.24) is 0 Å². The summed E-state index contributed by atoms with van der Waals surface area (Å²) in [6.45, 7) is 6.40. The van der Waals surface area contributed by atoms with Gasteiger partial charge in [0.15, 0.2) is 0 Å². The minimum atomic E-state index is 0.135. The summed E-state index contributed by atoms with van der Waals surface area (Å²) < 4.78 is 21.5. The molecule has 1 aromatic carbocycles. The van der Waals surface area contributed by atoms with Crippen molar-refractivity contribution in [2.75, 3.05) is 64.7 Å². The molecule has 0 unspecified atom stereocenters. The van der Waals surface area contributed by atoms with E-state index in [1.807, 2.05) is 24.3 Å². The number of para-hydroxylation sites is 1. The van der Waals surface area contributed by atoms with E-state index >= 15 is 0 Å². The van der Waals surface area contributed by atoms with Crippen molar-refractivity contribution >= 4 is 23.1 Å². The van der Waals surface area contributed by atoms with Gasteiger partial charge < -0.3 is 24.3 Å². The van der Waals surface area contributed by atoms with E-state index in [0.717, 1.165) is 5.69 Å². The van der Waals surface area contributed by atoms with Crippen molar-refractivity contribution < 1.29 is 23.7 Å². The average Bonchev–Trinajstić information content (AvgIpc) is 2.59. The molecule has 0 aliphatic rings. The van der Waals surface area contributed by atoms with Gasteiger partial charge in [-0.25, -0.2) is 0 Å². The molecule has 1 rings (SSSR count). The number of hydrogen-bond donors (Lipinski definition) is 1. The van der Waals surface area contributed by atoms with Gasteiger partial charge in [0.05, 0.1) is 63.6 Å². The summed E-state index contributed by atoms with van der Waals surface area (Å²) in [5.74, 6) is 0.135. The topological polar surface area (TPSA) is 66.0 Å². The number of carbonyl (C=O) groups is 1. The normalized spacial score (nSPS) is 10.8. The van der Waals surface area contributed by atoms with Crippen LogP contribution in [-0.4, -0.2) is 65.2 Å². The molecule has 142 valence electrons. The first-order valence-corrected chi connectivity index (χ1v) is 8.86. The maximum absolute atomic E-state index is 10.7. The molecule has 1 N–H and O–H groups in total. The second-order valence-corrected chi connectivity index (χ2v) is 5.72. The fourth-order valence-electron chi connectivity index (χ4n) is 1.84. The minimum Gasteiger partial charge on any atom is -0.382 e. The van der Waals surface area contributed by atoms with Crippen LogP contribution in [0.3, 0.4) is 0 Å². The van der Waals surface area contributed by atoms with Gasteiger partial charge in [0.1, 0.15) is 5.78 Å². The number of rotatable bonds is 16. The van der Waals surface area contributed by atoms with E-state index in [0.29, 0.717) is 70.8 Å². The lowest BCUT2D eigenvalue weighted by Gasteiger charge is -2.09. The van der Waals surface area contributed by atoms with Crippen LogP contribution in [0.4, 0.5) is 5.69 Å². The molecule has 0 radical (unpaired) electrons. The second-order valence-electron chi connectivity index (χ2n) is 5.31. The Bertz CT molecular complexity index is 473. The lowest BCUT2D eigenvalue weighted by molar-refractivity contribution is -0.118. The molecular formula is C18H28ClNO5. The van der Waals surface area contributed by atoms with Crippen molar-refractivity contribution in [3.63, 3.8) is 0 Å². The molecule has 0 spiro atoms. The summed E-state index contributed by atoms with van der Waals surface area (Å²) in [5.41, 5.74) is 0.909. The molecule has 0 atom stereocenters. The number of carbonyl (C=O) groups excluding carboxylic acids is 1. The zero-order valence-corrected chi connectivity index (χ0v) is 15.6. The molecular weight excluding hydrogens is 346 g/mol. The Balaban J connectivity index is 1.77. The van der Waals surface area contributed by atoms with Crippen LogP contribution in [0.15, 0.2) is 24.3 Å². The predicted molar refractivity (Wildman–Crippen MR) is 98.5 cm³/mol. The Hall–Kier alpha value is -1.18. The van der Waals surface area contributed by atoms with Crippen molar-refractivity contribution in [2.24, 2.45) is 0 Å². The van der Waals surface area contributed by atoms with Gasteiger partial charge in [-0.05, 0) is 19.1 Å². The molecule has 0 aliphatic carbocycles. The summed E-state index contributed by atoms with van der Waals surface area (Å²) in [4.78, 5) is 10.7. The Morgan fingerprint density at radius 1 is 0.880 bits per heavy atom. The smallest absolute Gasteiger partial charge is 0.132 e. The van der Waals surface area contributed by atoms with Crippen molar-refractivity contribution in [3.05, 3.63) is 29.3 Å². The lowest BCUT2D eigenvalue weighted by atomic mass is 10.3. The number of Topliss-reactive ketones (excluding diaryl/α,β-unsaturated/α-hetero) is 1. The summed E-state index contributed by atoms with van der Waals surface area (Å²) in [5, 5.41) is 3.91. The highest BCUT2D eigenvalue weighted by molar-refractivity contribution is 6.33. The van der Waals surface area contributed by atoms with Crippen LogP contribution in [0.1, 0.15) is 13.3 Å². The number of ketones is 1. The van der Waals surface area contributed by atoms with E-state index in [9.17, 15) is 4.79 Å². The predicted octanol–water partition coefficient (Wildman–Crippen LogP) is 2.80. The molecule has 25 heavy (non-hydrogen) atoms. The number of halogens is 1. The van der Waals surface area contributed by atoms with E-state index in [2.05, 4.69) is 5.32 Å². The van der Waals surface area contributed by atoms with Gasteiger partial charge in [-0.2, -0.15) is 0 Å². The van der Waals surface area contributed by atoms with Crippen LogP contribution in [0.5, 0.6) is 0 Å². The van der Waals surface area contributed by atoms with Gasteiger partial charge >= 0.3 is 0 Å². The number of anilines is 1. The van der Waals surface area contributed by atoms with Gasteiger partial charge in [0.25, 0.3) is 0 Å². The minimum absolute atomic E-state index is 0.135. The van der Waals surface area contributed by atoms with Crippen molar-refractivity contribution in [1.29, 1.82) is 0 Å². The molecule has 1 aromatic rings. The maximum atomic E-state index is 10.7. The van der Waals surface area contributed by atoms with Gasteiger partial charge in [-0.15, -0.1) is 0 Å². The summed E-state index contributed by atoms with van der Waals surface area (Å²) in [7, 11) is 0. The lowest BCUT2D eigenvalue weighted by Crippen LogP contribution is -2.14. The number of nitrogens with one attached hydrogen (secondary N) is 1. The molecule has 0 aromatic heterocycles. The maximum Gasteiger partial charge on any atom is 0.132 e. The molecule has 0 amide bonds. The Morgan fingerprint density at radius 2 is 1.40 bits per heavy atom. The van der Waals surface area contributed by atoms with Gasteiger partial charge in [0, 0.05) is 13.0 Å². The summed E-state index contributed by atoms with van der Waals surface area (Å²) in [6.07, 6.45) is 0.455. The first-order valence-electron chi connectivity index (χ1n) is 8.49. The van der Waals surface area contributed by atoms with Crippen LogP contribution in [0.25, 0.3) is 0 Å². The van der Waals surface area contributed by atoms with Crippen LogP contribution >= 0.6 is 11.6 Å². The molecule has 7 heteroatoms. The van der Waals surface area contributed by atoms with E-state index in [-0.39, 0.29) is 5.78 Å². The standard InChI is InChI=1S/C18H28ClNO5/c1-16(21)6-8-22-10-12-24-14-15-25-13-11-23-9-7-20-18-5-3-2-4-17(18)19/h2-5,20H,6-15H2,1H3. The molecule has 0 saturated heterocycles. The first-order chi connectivity index (χ1) is 12.2. The molecule has 0 bridgehead atoms. The number of ether oxygens (including phenoxy) is 4. The summed E-state index contributed by atoms with van der Waals surface area (Å²) in [6, 6.07) is 7.61. The largest absolute Gasteiger partial charge is 0.382 e. The zero-order valence-electron chi connectivity index (χ0n) is 14.8. The van der Waals surface area contributed by atoms with E-state index in [4.69, 9.17) is 30.5 Å². The molecule has 0 fully saturated rings. The molecule has 0 saturated carbocycles. The first kappa shape index (κ1) is 21.9. The highest BCUT2D eigenvalue weighted by Crippen LogP contribution is 2.19. The molecule has 0 heterocycles. The van der Waals surface area contributed by atoms with E-state index in [1.54, 1.807) is 6.92 Å². The fraction of sp³-hybridized carbons (Fsp3) is 0.611. The monoisotopic (exact) mass is 373 g/mol. The van der Waals surface area contributed by atoms with Crippen LogP contribution in [0, 0.1) is 0 Å². The average molecular weight is 374 g/mol. The highest BCUT2D eigenvalue weighted by Gasteiger charge is 1.97. The zero-order chi connectivity index (χ0) is 18.2.